The highest BCUT2D eigenvalue weighted by Crippen LogP contribution is 2.08. The van der Waals surface area contributed by atoms with E-state index in [4.69, 9.17) is 15.6 Å². The lowest BCUT2D eigenvalue weighted by Gasteiger charge is -2.13. The highest BCUT2D eigenvalue weighted by atomic mass is 16.5. The van der Waals surface area contributed by atoms with Gasteiger partial charge in [0.1, 0.15) is 0 Å². The van der Waals surface area contributed by atoms with E-state index in [1.165, 1.54) is 0 Å². The summed E-state index contributed by atoms with van der Waals surface area (Å²) in [6, 6.07) is 0. The Labute approximate surface area is 79.1 Å². The van der Waals surface area contributed by atoms with Gasteiger partial charge in [0.05, 0.1) is 6.42 Å². The lowest BCUT2D eigenvalue weighted by molar-refractivity contribution is -0.138. The number of rotatable bonds is 8. The van der Waals surface area contributed by atoms with Crippen molar-refractivity contribution < 1.29 is 14.6 Å². The topological polar surface area (TPSA) is 72.5 Å². The highest BCUT2D eigenvalue weighted by Gasteiger charge is 2.12. The number of hydrogen-bond acceptors (Lipinski definition) is 3. The van der Waals surface area contributed by atoms with E-state index in [0.29, 0.717) is 19.8 Å². The van der Waals surface area contributed by atoms with E-state index in [1.807, 2.05) is 6.92 Å². The van der Waals surface area contributed by atoms with Crippen LogP contribution >= 0.6 is 0 Å². The molecule has 4 heteroatoms. The van der Waals surface area contributed by atoms with Crippen molar-refractivity contribution >= 4 is 5.97 Å². The minimum atomic E-state index is -0.779. The molecule has 3 N–H and O–H groups in total. The summed E-state index contributed by atoms with van der Waals surface area (Å²) < 4.78 is 5.28. The van der Waals surface area contributed by atoms with Gasteiger partial charge in [-0.1, -0.05) is 6.92 Å². The van der Waals surface area contributed by atoms with Crippen LogP contribution < -0.4 is 5.73 Å². The molecule has 0 rings (SSSR count). The summed E-state index contributed by atoms with van der Waals surface area (Å²) in [4.78, 5) is 10.4. The van der Waals surface area contributed by atoms with Gasteiger partial charge in [-0.15, -0.1) is 0 Å². The minimum Gasteiger partial charge on any atom is -0.481 e. The van der Waals surface area contributed by atoms with Crippen LogP contribution in [-0.4, -0.2) is 30.8 Å². The van der Waals surface area contributed by atoms with Crippen LogP contribution in [0.2, 0.25) is 0 Å². The third-order valence-electron chi connectivity index (χ3n) is 1.74. The van der Waals surface area contributed by atoms with E-state index in [0.717, 1.165) is 12.8 Å². The second kappa shape index (κ2) is 8.01. The van der Waals surface area contributed by atoms with E-state index in [9.17, 15) is 4.79 Å². The minimum absolute atomic E-state index is 0.0639. The summed E-state index contributed by atoms with van der Waals surface area (Å²) in [6.07, 6.45) is 1.83. The number of carboxylic acid groups (broad SMARTS) is 1. The summed E-state index contributed by atoms with van der Waals surface area (Å²) in [5.41, 5.74) is 5.36. The molecule has 13 heavy (non-hydrogen) atoms. The molecule has 0 aliphatic rings. The van der Waals surface area contributed by atoms with Crippen molar-refractivity contribution in [3.8, 4) is 0 Å². The Hall–Kier alpha value is -0.610. The van der Waals surface area contributed by atoms with Crippen molar-refractivity contribution in [2.45, 2.75) is 26.2 Å². The summed E-state index contributed by atoms with van der Waals surface area (Å²) in [5, 5.41) is 8.57. The number of carbonyl (C=O) groups is 1. The van der Waals surface area contributed by atoms with Crippen LogP contribution in [0.15, 0.2) is 0 Å². The van der Waals surface area contributed by atoms with Gasteiger partial charge in [0.2, 0.25) is 0 Å². The Kier molecular flexibility index (Phi) is 7.63. The molecular weight excluding hydrogens is 170 g/mol. The molecule has 0 aromatic rings. The zero-order valence-electron chi connectivity index (χ0n) is 8.16. The van der Waals surface area contributed by atoms with Crippen molar-refractivity contribution in [2.75, 3.05) is 19.8 Å². The SMILES string of the molecule is CCCOC[C@H](CCN)CC(=O)O. The van der Waals surface area contributed by atoms with Crippen LogP contribution in [-0.2, 0) is 9.53 Å². The molecule has 0 aromatic heterocycles. The summed E-state index contributed by atoms with van der Waals surface area (Å²) in [5.74, 6) is -0.715. The van der Waals surface area contributed by atoms with E-state index >= 15 is 0 Å². The van der Waals surface area contributed by atoms with Crippen molar-refractivity contribution in [3.05, 3.63) is 0 Å². The normalized spacial score (nSPS) is 12.8. The lowest BCUT2D eigenvalue weighted by atomic mass is 10.0. The predicted molar refractivity (Wildman–Crippen MR) is 50.5 cm³/mol. The Balaban J connectivity index is 3.59. The molecule has 78 valence electrons. The fourth-order valence-electron chi connectivity index (χ4n) is 1.12. The molecule has 0 saturated heterocycles. The van der Waals surface area contributed by atoms with Crippen LogP contribution in [0.25, 0.3) is 0 Å². The summed E-state index contributed by atoms with van der Waals surface area (Å²) >= 11 is 0. The molecule has 0 aromatic carbocycles. The van der Waals surface area contributed by atoms with Gasteiger partial charge in [0.25, 0.3) is 0 Å². The second-order valence-corrected chi connectivity index (χ2v) is 3.12. The third kappa shape index (κ3) is 7.74. The molecule has 0 amide bonds. The van der Waals surface area contributed by atoms with E-state index in [-0.39, 0.29) is 12.3 Å². The maximum absolute atomic E-state index is 10.4. The average molecular weight is 189 g/mol. The first-order valence-electron chi connectivity index (χ1n) is 4.70. The Morgan fingerprint density at radius 3 is 2.77 bits per heavy atom. The molecular formula is C9H19NO3. The van der Waals surface area contributed by atoms with Gasteiger partial charge in [-0.25, -0.2) is 0 Å². The molecule has 0 bridgehead atoms. The monoisotopic (exact) mass is 189 g/mol. The molecule has 0 radical (unpaired) electrons. The molecule has 0 aliphatic heterocycles. The van der Waals surface area contributed by atoms with Crippen LogP contribution in [0.4, 0.5) is 0 Å². The molecule has 4 nitrogen and oxygen atoms in total. The first-order chi connectivity index (χ1) is 6.20. The second-order valence-electron chi connectivity index (χ2n) is 3.12. The van der Waals surface area contributed by atoms with Gasteiger partial charge in [-0.05, 0) is 25.3 Å². The summed E-state index contributed by atoms with van der Waals surface area (Å²) in [6.45, 7) is 3.75. The Bertz CT molecular complexity index is 139. The number of nitrogens with two attached hydrogens (primary N) is 1. The van der Waals surface area contributed by atoms with Crippen LogP contribution in [0.5, 0.6) is 0 Å². The molecule has 0 heterocycles. The van der Waals surface area contributed by atoms with Gasteiger partial charge in [-0.2, -0.15) is 0 Å². The molecule has 0 unspecified atom stereocenters. The molecule has 0 spiro atoms. The Morgan fingerprint density at radius 1 is 1.62 bits per heavy atom. The quantitative estimate of drug-likeness (QED) is 0.555. The van der Waals surface area contributed by atoms with E-state index < -0.39 is 5.97 Å². The Morgan fingerprint density at radius 2 is 2.31 bits per heavy atom. The number of hydrogen-bond donors (Lipinski definition) is 2. The van der Waals surface area contributed by atoms with Crippen molar-refractivity contribution in [3.63, 3.8) is 0 Å². The number of ether oxygens (including phenoxy) is 1. The highest BCUT2D eigenvalue weighted by molar-refractivity contribution is 5.67. The van der Waals surface area contributed by atoms with Crippen molar-refractivity contribution in [1.82, 2.24) is 0 Å². The zero-order valence-corrected chi connectivity index (χ0v) is 8.16. The zero-order chi connectivity index (χ0) is 10.1. The van der Waals surface area contributed by atoms with Crippen LogP contribution in [0, 0.1) is 5.92 Å². The molecule has 0 fully saturated rings. The van der Waals surface area contributed by atoms with Crippen molar-refractivity contribution in [2.24, 2.45) is 11.7 Å². The largest absolute Gasteiger partial charge is 0.481 e. The maximum Gasteiger partial charge on any atom is 0.303 e. The van der Waals surface area contributed by atoms with Crippen LogP contribution in [0.3, 0.4) is 0 Å². The molecule has 0 aliphatic carbocycles. The maximum atomic E-state index is 10.4. The first-order valence-corrected chi connectivity index (χ1v) is 4.70. The van der Waals surface area contributed by atoms with E-state index in [2.05, 4.69) is 0 Å². The summed E-state index contributed by atoms with van der Waals surface area (Å²) in [7, 11) is 0. The lowest BCUT2D eigenvalue weighted by Crippen LogP contribution is -2.18. The van der Waals surface area contributed by atoms with Gasteiger partial charge < -0.3 is 15.6 Å². The predicted octanol–water partition coefficient (Wildman–Crippen LogP) is 0.853. The van der Waals surface area contributed by atoms with E-state index in [1.54, 1.807) is 0 Å². The average Bonchev–Trinajstić information content (AvgIpc) is 2.04. The van der Waals surface area contributed by atoms with Gasteiger partial charge in [-0.3, -0.25) is 4.79 Å². The fraction of sp³-hybridized carbons (Fsp3) is 0.889. The van der Waals surface area contributed by atoms with Crippen LogP contribution in [0.1, 0.15) is 26.2 Å². The molecule has 0 saturated carbocycles. The van der Waals surface area contributed by atoms with Crippen molar-refractivity contribution in [1.29, 1.82) is 0 Å². The fourth-order valence-corrected chi connectivity index (χ4v) is 1.12. The van der Waals surface area contributed by atoms with Gasteiger partial charge in [0, 0.05) is 13.2 Å². The number of carboxylic acids is 1. The number of aliphatic carboxylic acids is 1. The standard InChI is InChI=1S/C9H19NO3/c1-2-5-13-7-8(3-4-10)6-9(11)12/h8H,2-7,10H2,1H3,(H,11,12)/t8-/m1/s1. The van der Waals surface area contributed by atoms with Gasteiger partial charge >= 0.3 is 5.97 Å². The smallest absolute Gasteiger partial charge is 0.303 e. The van der Waals surface area contributed by atoms with Gasteiger partial charge in [0.15, 0.2) is 0 Å². The molecule has 1 atom stereocenters. The first kappa shape index (κ1) is 12.4. The third-order valence-corrected chi connectivity index (χ3v) is 1.74.